The molecule has 5 nitrogen and oxygen atoms in total. The van der Waals surface area contributed by atoms with Crippen LogP contribution in [0.4, 0.5) is 8.78 Å². The van der Waals surface area contributed by atoms with Crippen LogP contribution in [0.2, 0.25) is 5.02 Å². The first-order valence-electron chi connectivity index (χ1n) is 9.02. The number of hydrogen-bond acceptors (Lipinski definition) is 3. The van der Waals surface area contributed by atoms with E-state index in [1.54, 1.807) is 28.9 Å². The van der Waals surface area contributed by atoms with Crippen molar-refractivity contribution in [3.63, 3.8) is 0 Å². The van der Waals surface area contributed by atoms with Gasteiger partial charge in [-0.3, -0.25) is 9.48 Å². The fourth-order valence-corrected chi connectivity index (χ4v) is 3.33. The third-order valence-corrected chi connectivity index (χ3v) is 4.82. The smallest absolute Gasteiger partial charge is 0.269 e. The van der Waals surface area contributed by atoms with E-state index in [0.717, 1.165) is 17.3 Å². The van der Waals surface area contributed by atoms with Gasteiger partial charge in [0.15, 0.2) is 0 Å². The summed E-state index contributed by atoms with van der Waals surface area (Å²) in [5, 5.41) is 4.81. The van der Waals surface area contributed by atoms with Crippen LogP contribution in [0, 0.1) is 18.6 Å². The van der Waals surface area contributed by atoms with Crippen molar-refractivity contribution in [1.29, 1.82) is 0 Å². The zero-order valence-electron chi connectivity index (χ0n) is 16.0. The second-order valence-corrected chi connectivity index (χ2v) is 7.05. The van der Waals surface area contributed by atoms with Crippen LogP contribution in [0.15, 0.2) is 42.5 Å². The number of carbonyl (C=O) groups is 1. The first kappa shape index (κ1) is 20.8. The summed E-state index contributed by atoms with van der Waals surface area (Å²) in [7, 11) is 0. The van der Waals surface area contributed by atoms with Gasteiger partial charge >= 0.3 is 0 Å². The topological polar surface area (TPSA) is 70.1 Å². The van der Waals surface area contributed by atoms with Gasteiger partial charge in [0.1, 0.15) is 29.7 Å². The van der Waals surface area contributed by atoms with E-state index in [1.807, 2.05) is 13.8 Å². The highest BCUT2D eigenvalue weighted by Crippen LogP contribution is 2.34. The van der Waals surface area contributed by atoms with Crippen LogP contribution in [0.3, 0.4) is 0 Å². The lowest BCUT2D eigenvalue weighted by Crippen LogP contribution is -2.17. The third-order valence-electron chi connectivity index (χ3n) is 4.59. The summed E-state index contributed by atoms with van der Waals surface area (Å²) >= 11 is 6.20. The lowest BCUT2D eigenvalue weighted by Gasteiger charge is -2.22. The molecule has 1 amide bonds. The largest absolute Gasteiger partial charge is 0.488 e. The van der Waals surface area contributed by atoms with Crippen LogP contribution in [0.1, 0.15) is 46.7 Å². The van der Waals surface area contributed by atoms with E-state index in [4.69, 9.17) is 22.1 Å². The average Bonchev–Trinajstić information content (AvgIpc) is 3.05. The molecule has 0 spiro atoms. The molecule has 3 rings (SSSR count). The van der Waals surface area contributed by atoms with Crippen LogP contribution in [0.25, 0.3) is 0 Å². The molecule has 0 saturated carbocycles. The molecule has 152 valence electrons. The Bertz CT molecular complexity index is 1050. The molecule has 0 saturated heterocycles. The molecule has 1 aromatic heterocycles. The Hall–Kier alpha value is -2.93. The molecule has 2 N–H and O–H groups in total. The Morgan fingerprint density at radius 1 is 1.24 bits per heavy atom. The number of aryl methyl sites for hydroxylation is 1. The molecule has 8 heteroatoms. The number of benzene rings is 2. The fraction of sp³-hybridized carbons (Fsp3) is 0.238. The standard InChI is InChI=1S/C21H20ClF2N3O2/c1-3-19(27-12(2)8-18(26-27)21(25)28)16-9-14(22)5-7-20(16)29-11-13-4-6-15(23)10-17(13)24/h4-10,19H,3,11H2,1-2H3,(H2,25,28)/t19-/m1/s1. The fourth-order valence-electron chi connectivity index (χ4n) is 3.15. The molecule has 29 heavy (non-hydrogen) atoms. The Kier molecular flexibility index (Phi) is 6.17. The number of carbonyl (C=O) groups excluding carboxylic acids is 1. The van der Waals surface area contributed by atoms with E-state index in [0.29, 0.717) is 17.2 Å². The zero-order valence-corrected chi connectivity index (χ0v) is 16.7. The third kappa shape index (κ3) is 4.56. The van der Waals surface area contributed by atoms with Crippen molar-refractivity contribution in [2.45, 2.75) is 32.9 Å². The monoisotopic (exact) mass is 419 g/mol. The van der Waals surface area contributed by atoms with E-state index >= 15 is 0 Å². The number of amides is 1. The van der Waals surface area contributed by atoms with Gasteiger partial charge in [0.25, 0.3) is 5.91 Å². The normalized spacial score (nSPS) is 12.0. The summed E-state index contributed by atoms with van der Waals surface area (Å²) in [5.41, 5.74) is 7.22. The van der Waals surface area contributed by atoms with Crippen LogP contribution in [0.5, 0.6) is 5.75 Å². The molecule has 0 bridgehead atoms. The maximum atomic E-state index is 13.9. The van der Waals surface area contributed by atoms with Gasteiger partial charge < -0.3 is 10.5 Å². The molecule has 0 aliphatic rings. The van der Waals surface area contributed by atoms with Gasteiger partial charge in [-0.25, -0.2) is 8.78 Å². The molecule has 0 aliphatic carbocycles. The summed E-state index contributed by atoms with van der Waals surface area (Å²) < 4.78 is 34.6. The molecule has 0 unspecified atom stereocenters. The average molecular weight is 420 g/mol. The van der Waals surface area contributed by atoms with Crippen molar-refractivity contribution in [3.05, 3.63) is 81.6 Å². The summed E-state index contributed by atoms with van der Waals surface area (Å²) in [6, 6.07) is 9.77. The van der Waals surface area contributed by atoms with Crippen molar-refractivity contribution in [2.24, 2.45) is 5.73 Å². The summed E-state index contributed by atoms with van der Waals surface area (Å²) in [4.78, 5) is 11.5. The van der Waals surface area contributed by atoms with Gasteiger partial charge in [0.2, 0.25) is 0 Å². The zero-order chi connectivity index (χ0) is 21.1. The molecule has 1 heterocycles. The SMILES string of the molecule is CC[C@H](c1cc(Cl)ccc1OCc1ccc(F)cc1F)n1nc(C(N)=O)cc1C. The molecule has 2 aromatic carbocycles. The first-order chi connectivity index (χ1) is 13.8. The molecule has 0 radical (unpaired) electrons. The number of aromatic nitrogens is 2. The number of primary amides is 1. The van der Waals surface area contributed by atoms with Crippen LogP contribution >= 0.6 is 11.6 Å². The predicted molar refractivity (Wildman–Crippen MR) is 106 cm³/mol. The van der Waals surface area contributed by atoms with Gasteiger partial charge in [-0.05, 0) is 49.7 Å². The molecular weight excluding hydrogens is 400 g/mol. The van der Waals surface area contributed by atoms with Crippen LogP contribution in [-0.2, 0) is 6.61 Å². The Labute approximate surface area is 172 Å². The second-order valence-electron chi connectivity index (χ2n) is 6.61. The summed E-state index contributed by atoms with van der Waals surface area (Å²) in [6.45, 7) is 3.70. The minimum Gasteiger partial charge on any atom is -0.488 e. The second kappa shape index (κ2) is 8.61. The predicted octanol–water partition coefficient (Wildman–Crippen LogP) is 4.80. The maximum Gasteiger partial charge on any atom is 0.269 e. The Morgan fingerprint density at radius 2 is 2.00 bits per heavy atom. The quantitative estimate of drug-likeness (QED) is 0.598. The molecule has 3 aromatic rings. The van der Waals surface area contributed by atoms with E-state index in [9.17, 15) is 13.6 Å². The van der Waals surface area contributed by atoms with Gasteiger partial charge in [-0.1, -0.05) is 18.5 Å². The summed E-state index contributed by atoms with van der Waals surface area (Å²) in [5.74, 6) is -1.46. The van der Waals surface area contributed by atoms with Crippen molar-refractivity contribution in [2.75, 3.05) is 0 Å². The molecule has 0 fully saturated rings. The van der Waals surface area contributed by atoms with E-state index in [2.05, 4.69) is 5.10 Å². The number of rotatable bonds is 7. The van der Waals surface area contributed by atoms with E-state index in [-0.39, 0.29) is 23.9 Å². The van der Waals surface area contributed by atoms with Crippen LogP contribution < -0.4 is 10.5 Å². The number of nitrogens with two attached hydrogens (primary N) is 1. The number of nitrogens with zero attached hydrogens (tertiary/aromatic N) is 2. The lowest BCUT2D eigenvalue weighted by molar-refractivity contribution is 0.0994. The Morgan fingerprint density at radius 3 is 2.62 bits per heavy atom. The van der Waals surface area contributed by atoms with Crippen molar-refractivity contribution in [1.82, 2.24) is 9.78 Å². The van der Waals surface area contributed by atoms with Gasteiger partial charge in [-0.2, -0.15) is 5.10 Å². The first-order valence-corrected chi connectivity index (χ1v) is 9.40. The molecular formula is C21H20ClF2N3O2. The van der Waals surface area contributed by atoms with Gasteiger partial charge in [0.05, 0.1) is 6.04 Å². The summed E-state index contributed by atoms with van der Waals surface area (Å²) in [6.07, 6.45) is 0.627. The van der Waals surface area contributed by atoms with Gasteiger partial charge in [-0.15, -0.1) is 0 Å². The molecule has 1 atom stereocenters. The minimum absolute atomic E-state index is 0.0815. The number of hydrogen-bond donors (Lipinski definition) is 1. The van der Waals surface area contributed by atoms with Crippen molar-refractivity contribution in [3.8, 4) is 5.75 Å². The minimum atomic E-state index is -0.679. The van der Waals surface area contributed by atoms with Crippen molar-refractivity contribution < 1.29 is 18.3 Å². The lowest BCUT2D eigenvalue weighted by atomic mass is 10.0. The van der Waals surface area contributed by atoms with E-state index in [1.165, 1.54) is 12.1 Å². The van der Waals surface area contributed by atoms with Gasteiger partial charge in [0, 0.05) is 27.9 Å². The highest BCUT2D eigenvalue weighted by atomic mass is 35.5. The van der Waals surface area contributed by atoms with Crippen molar-refractivity contribution >= 4 is 17.5 Å². The number of ether oxygens (including phenoxy) is 1. The highest BCUT2D eigenvalue weighted by Gasteiger charge is 2.22. The van der Waals surface area contributed by atoms with Crippen LogP contribution in [-0.4, -0.2) is 15.7 Å². The molecule has 0 aliphatic heterocycles. The number of halogens is 3. The highest BCUT2D eigenvalue weighted by molar-refractivity contribution is 6.30. The maximum absolute atomic E-state index is 13.9. The van der Waals surface area contributed by atoms with E-state index < -0.39 is 17.5 Å². The Balaban J connectivity index is 1.95.